The van der Waals surface area contributed by atoms with Gasteiger partial charge in [-0.05, 0) is 24.1 Å². The lowest BCUT2D eigenvalue weighted by Gasteiger charge is -2.36. The van der Waals surface area contributed by atoms with E-state index in [-0.39, 0.29) is 18.4 Å². The van der Waals surface area contributed by atoms with Crippen LogP contribution in [0, 0.1) is 5.92 Å². The van der Waals surface area contributed by atoms with Crippen LogP contribution in [-0.2, 0) is 11.8 Å². The summed E-state index contributed by atoms with van der Waals surface area (Å²) in [6.45, 7) is 0.820. The Morgan fingerprint density at radius 3 is 2.43 bits per heavy atom. The summed E-state index contributed by atoms with van der Waals surface area (Å²) in [6, 6.07) is 13.4. The molecule has 1 aromatic heterocycles. The van der Waals surface area contributed by atoms with Crippen molar-refractivity contribution in [2.75, 3.05) is 13.1 Å². The fourth-order valence-electron chi connectivity index (χ4n) is 3.26. The van der Waals surface area contributed by atoms with Crippen LogP contribution in [0.2, 0.25) is 0 Å². The smallest absolute Gasteiger partial charge is 0.308 e. The Kier molecular flexibility index (Phi) is 4.19. The van der Waals surface area contributed by atoms with E-state index in [1.807, 2.05) is 49.6 Å². The summed E-state index contributed by atoms with van der Waals surface area (Å²) >= 11 is 0. The Hall–Kier alpha value is -2.56. The molecule has 5 nitrogen and oxygen atoms in total. The topological polar surface area (TPSA) is 62.5 Å². The molecule has 0 aliphatic carbocycles. The number of carboxylic acid groups (broad SMARTS) is 1. The molecule has 1 aliphatic heterocycles. The zero-order chi connectivity index (χ0) is 16.4. The molecule has 2 atom stereocenters. The molecule has 2 aromatic rings. The van der Waals surface area contributed by atoms with Crippen molar-refractivity contribution in [3.63, 3.8) is 0 Å². The van der Waals surface area contributed by atoms with Crippen LogP contribution in [0.1, 0.15) is 28.4 Å². The first-order valence-corrected chi connectivity index (χ1v) is 7.74. The number of carboxylic acids is 1. The van der Waals surface area contributed by atoms with E-state index >= 15 is 0 Å². The molecule has 0 unspecified atom stereocenters. The van der Waals surface area contributed by atoms with Crippen molar-refractivity contribution in [3.05, 3.63) is 59.9 Å². The second-order valence-corrected chi connectivity index (χ2v) is 6.09. The fraction of sp³-hybridized carbons (Fsp3) is 0.333. The second-order valence-electron chi connectivity index (χ2n) is 6.09. The Morgan fingerprint density at radius 1 is 1.09 bits per heavy atom. The van der Waals surface area contributed by atoms with E-state index in [9.17, 15) is 14.7 Å². The maximum atomic E-state index is 12.7. The van der Waals surface area contributed by atoms with Crippen LogP contribution in [0.5, 0.6) is 0 Å². The summed E-state index contributed by atoms with van der Waals surface area (Å²) in [5.41, 5.74) is 1.67. The molecule has 1 aromatic carbocycles. The first-order valence-electron chi connectivity index (χ1n) is 7.74. The minimum Gasteiger partial charge on any atom is -0.481 e. The van der Waals surface area contributed by atoms with Crippen LogP contribution in [0.15, 0.2) is 48.7 Å². The summed E-state index contributed by atoms with van der Waals surface area (Å²) in [7, 11) is 1.82. The van der Waals surface area contributed by atoms with Gasteiger partial charge in [0.15, 0.2) is 0 Å². The zero-order valence-electron chi connectivity index (χ0n) is 13.1. The van der Waals surface area contributed by atoms with Gasteiger partial charge in [0, 0.05) is 32.3 Å². The molecule has 1 N–H and O–H groups in total. The molecule has 3 rings (SSSR count). The van der Waals surface area contributed by atoms with Gasteiger partial charge in [-0.15, -0.1) is 0 Å². The third-order valence-electron chi connectivity index (χ3n) is 4.52. The van der Waals surface area contributed by atoms with E-state index < -0.39 is 11.9 Å². The van der Waals surface area contributed by atoms with Crippen LogP contribution >= 0.6 is 0 Å². The van der Waals surface area contributed by atoms with Crippen molar-refractivity contribution in [1.82, 2.24) is 9.47 Å². The largest absolute Gasteiger partial charge is 0.481 e. The lowest BCUT2D eigenvalue weighted by atomic mass is 9.84. The van der Waals surface area contributed by atoms with Gasteiger partial charge in [-0.1, -0.05) is 30.3 Å². The SMILES string of the molecule is Cn1cccc1C(=O)N1C[C@@H](C(=O)O)C[C@@H](c2ccccc2)C1. The second kappa shape index (κ2) is 6.28. The summed E-state index contributed by atoms with van der Waals surface area (Å²) in [5.74, 6) is -1.42. The van der Waals surface area contributed by atoms with Crippen LogP contribution < -0.4 is 0 Å². The molecule has 1 fully saturated rings. The average molecular weight is 312 g/mol. The maximum absolute atomic E-state index is 12.7. The number of carbonyl (C=O) groups is 2. The molecule has 5 heteroatoms. The summed E-state index contributed by atoms with van der Waals surface area (Å²) in [4.78, 5) is 25.9. The van der Waals surface area contributed by atoms with Gasteiger partial charge in [0.1, 0.15) is 5.69 Å². The molecule has 120 valence electrons. The number of hydrogen-bond acceptors (Lipinski definition) is 2. The number of rotatable bonds is 3. The van der Waals surface area contributed by atoms with Crippen molar-refractivity contribution >= 4 is 11.9 Å². The van der Waals surface area contributed by atoms with E-state index in [1.165, 1.54) is 0 Å². The van der Waals surface area contributed by atoms with Gasteiger partial charge in [0.25, 0.3) is 5.91 Å². The van der Waals surface area contributed by atoms with Crippen LogP contribution in [-0.4, -0.2) is 39.5 Å². The van der Waals surface area contributed by atoms with Gasteiger partial charge >= 0.3 is 5.97 Å². The number of aromatic nitrogens is 1. The molecule has 0 saturated carbocycles. The highest BCUT2D eigenvalue weighted by molar-refractivity contribution is 5.93. The van der Waals surface area contributed by atoms with Crippen molar-refractivity contribution in [2.45, 2.75) is 12.3 Å². The molecule has 0 spiro atoms. The summed E-state index contributed by atoms with van der Waals surface area (Å²) in [5, 5.41) is 9.44. The Bertz CT molecular complexity index is 708. The van der Waals surface area contributed by atoms with Gasteiger partial charge in [-0.25, -0.2) is 0 Å². The van der Waals surface area contributed by atoms with E-state index in [2.05, 4.69) is 0 Å². The molecule has 0 bridgehead atoms. The van der Waals surface area contributed by atoms with E-state index in [0.29, 0.717) is 18.7 Å². The quantitative estimate of drug-likeness (QED) is 0.946. The average Bonchev–Trinajstić information content (AvgIpc) is 3.00. The Labute approximate surface area is 135 Å². The number of hydrogen-bond donors (Lipinski definition) is 1. The van der Waals surface area contributed by atoms with Crippen molar-refractivity contribution in [1.29, 1.82) is 0 Å². The van der Waals surface area contributed by atoms with Crippen molar-refractivity contribution < 1.29 is 14.7 Å². The molecule has 2 heterocycles. The molecule has 23 heavy (non-hydrogen) atoms. The Balaban J connectivity index is 1.86. The first kappa shape index (κ1) is 15.3. The number of likely N-dealkylation sites (tertiary alicyclic amines) is 1. The highest BCUT2D eigenvalue weighted by atomic mass is 16.4. The molecule has 0 radical (unpaired) electrons. The minimum absolute atomic E-state index is 0.0512. The predicted molar refractivity (Wildman–Crippen MR) is 86.2 cm³/mol. The lowest BCUT2D eigenvalue weighted by molar-refractivity contribution is -0.143. The van der Waals surface area contributed by atoms with Gasteiger partial charge in [0.05, 0.1) is 5.92 Å². The molecule has 1 saturated heterocycles. The highest BCUT2D eigenvalue weighted by Crippen LogP contribution is 2.31. The van der Waals surface area contributed by atoms with Gasteiger partial charge in [0.2, 0.25) is 0 Å². The van der Waals surface area contributed by atoms with E-state index in [1.54, 1.807) is 15.5 Å². The third kappa shape index (κ3) is 3.13. The summed E-state index contributed by atoms with van der Waals surface area (Å²) < 4.78 is 1.77. The van der Waals surface area contributed by atoms with Crippen LogP contribution in [0.25, 0.3) is 0 Å². The normalized spacial score (nSPS) is 21.2. The van der Waals surface area contributed by atoms with Crippen molar-refractivity contribution in [2.24, 2.45) is 13.0 Å². The molecular formula is C18H20N2O3. The van der Waals surface area contributed by atoms with Crippen LogP contribution in [0.4, 0.5) is 0 Å². The number of nitrogens with zero attached hydrogens (tertiary/aromatic N) is 2. The minimum atomic E-state index is -0.838. The molecular weight excluding hydrogens is 292 g/mol. The number of aliphatic carboxylic acids is 1. The molecule has 1 aliphatic rings. The highest BCUT2D eigenvalue weighted by Gasteiger charge is 2.35. The maximum Gasteiger partial charge on any atom is 0.308 e. The summed E-state index contributed by atoms with van der Waals surface area (Å²) in [6.07, 6.45) is 2.39. The van der Waals surface area contributed by atoms with Crippen LogP contribution in [0.3, 0.4) is 0 Å². The number of piperidine rings is 1. The number of benzene rings is 1. The predicted octanol–water partition coefficient (Wildman–Crippen LogP) is 2.36. The monoisotopic (exact) mass is 312 g/mol. The number of carbonyl (C=O) groups excluding carboxylic acids is 1. The van der Waals surface area contributed by atoms with Crippen molar-refractivity contribution in [3.8, 4) is 0 Å². The number of aryl methyl sites for hydroxylation is 1. The lowest BCUT2D eigenvalue weighted by Crippen LogP contribution is -2.45. The van der Waals surface area contributed by atoms with Gasteiger partial charge < -0.3 is 14.6 Å². The zero-order valence-corrected chi connectivity index (χ0v) is 13.1. The first-order chi connectivity index (χ1) is 11.1. The van der Waals surface area contributed by atoms with Gasteiger partial charge in [-0.2, -0.15) is 0 Å². The van der Waals surface area contributed by atoms with E-state index in [4.69, 9.17) is 0 Å². The molecule has 1 amide bonds. The number of amides is 1. The standard InChI is InChI=1S/C18H20N2O3/c1-19-9-5-8-16(19)17(21)20-11-14(10-15(12-20)18(22)23)13-6-3-2-4-7-13/h2-9,14-15H,10-12H2,1H3,(H,22,23)/t14-,15+/m1/s1. The fourth-order valence-corrected chi connectivity index (χ4v) is 3.26. The third-order valence-corrected chi connectivity index (χ3v) is 4.52. The Morgan fingerprint density at radius 2 is 1.83 bits per heavy atom. The van der Waals surface area contributed by atoms with Gasteiger partial charge in [-0.3, -0.25) is 9.59 Å². The van der Waals surface area contributed by atoms with E-state index in [0.717, 1.165) is 5.56 Å².